The Morgan fingerprint density at radius 1 is 0.896 bits per heavy atom. The van der Waals surface area contributed by atoms with E-state index in [9.17, 15) is 19.3 Å². The molecule has 5 aromatic carbocycles. The lowest BCUT2D eigenvalue weighted by molar-refractivity contribution is -0.385. The smallest absolute Gasteiger partial charge is 0.282 e. The van der Waals surface area contributed by atoms with Crippen LogP contribution in [-0.4, -0.2) is 30.0 Å². The van der Waals surface area contributed by atoms with Gasteiger partial charge < -0.3 is 4.57 Å². The number of aromatic nitrogens is 4. The number of benzene rings is 5. The van der Waals surface area contributed by atoms with Crippen molar-refractivity contribution in [2.75, 3.05) is 0 Å². The van der Waals surface area contributed by atoms with E-state index in [-0.39, 0.29) is 20.6 Å². The van der Waals surface area contributed by atoms with Gasteiger partial charge in [-0.3, -0.25) is 19.6 Å². The molecule has 236 valence electrons. The summed E-state index contributed by atoms with van der Waals surface area (Å²) in [6.45, 7) is 0. The van der Waals surface area contributed by atoms with Crippen LogP contribution < -0.4 is 0 Å². The lowest BCUT2D eigenvalue weighted by Gasteiger charge is -2.37. The zero-order valence-corrected chi connectivity index (χ0v) is 27.6. The highest BCUT2D eigenvalue weighted by Gasteiger charge is 2.39. The van der Waals surface area contributed by atoms with Crippen molar-refractivity contribution in [1.82, 2.24) is 19.3 Å². The summed E-state index contributed by atoms with van der Waals surface area (Å²) >= 11 is 9.65. The summed E-state index contributed by atoms with van der Waals surface area (Å²) < 4.78 is 17.8. The van der Waals surface area contributed by atoms with Crippen molar-refractivity contribution in [3.8, 4) is 11.4 Å². The maximum Gasteiger partial charge on any atom is 0.282 e. The monoisotopic (exact) mass is 719 g/mol. The van der Waals surface area contributed by atoms with Crippen LogP contribution in [0.3, 0.4) is 0 Å². The molecule has 0 radical (unpaired) electrons. The third-order valence-electron chi connectivity index (χ3n) is 8.43. The first kappa shape index (κ1) is 31.2. The van der Waals surface area contributed by atoms with E-state index < -0.39 is 27.8 Å². The Balaban J connectivity index is 1.46. The van der Waals surface area contributed by atoms with E-state index in [2.05, 4.69) is 57.4 Å². The van der Waals surface area contributed by atoms with Crippen molar-refractivity contribution in [3.05, 3.63) is 181 Å². The first-order valence-electron chi connectivity index (χ1n) is 14.8. The number of hydrogen-bond acceptors (Lipinski definition) is 5. The fourth-order valence-electron chi connectivity index (χ4n) is 6.36. The minimum Gasteiger partial charge on any atom is -0.318 e. The average Bonchev–Trinajstić information content (AvgIpc) is 3.71. The topological polar surface area (TPSA) is 95.9 Å². The zero-order chi connectivity index (χ0) is 33.6. The number of ketones is 1. The van der Waals surface area contributed by atoms with Crippen molar-refractivity contribution < 1.29 is 14.1 Å². The third-order valence-corrected chi connectivity index (χ3v) is 9.53. The molecule has 0 spiro atoms. The van der Waals surface area contributed by atoms with Gasteiger partial charge in [0, 0.05) is 30.3 Å². The third kappa shape index (κ3) is 5.01. The van der Waals surface area contributed by atoms with Gasteiger partial charge in [-0.25, -0.2) is 9.37 Å². The van der Waals surface area contributed by atoms with Gasteiger partial charge in [0.1, 0.15) is 28.1 Å². The summed E-state index contributed by atoms with van der Waals surface area (Å²) in [7, 11) is 1.70. The molecule has 0 saturated heterocycles. The maximum absolute atomic E-state index is 14.1. The largest absolute Gasteiger partial charge is 0.318 e. The van der Waals surface area contributed by atoms with E-state index in [1.54, 1.807) is 18.1 Å². The van der Waals surface area contributed by atoms with Crippen LogP contribution in [0.1, 0.15) is 32.6 Å². The van der Waals surface area contributed by atoms with E-state index in [0.717, 1.165) is 28.8 Å². The predicted molar refractivity (Wildman–Crippen MR) is 186 cm³/mol. The quantitative estimate of drug-likeness (QED) is 0.0676. The van der Waals surface area contributed by atoms with Crippen LogP contribution in [-0.2, 0) is 12.6 Å². The molecule has 0 aliphatic heterocycles. The number of rotatable bonds is 8. The summed E-state index contributed by atoms with van der Waals surface area (Å²) in [5.74, 6) is -1.51. The summed E-state index contributed by atoms with van der Waals surface area (Å²) in [6.07, 6.45) is 3.64. The van der Waals surface area contributed by atoms with E-state index in [1.807, 2.05) is 65.4 Å². The number of halogens is 3. The van der Waals surface area contributed by atoms with E-state index in [4.69, 9.17) is 16.6 Å². The number of nitro groups is 1. The molecule has 2 aromatic heterocycles. The number of fused-ring (bicyclic) bond motifs is 1. The standard InChI is InChI=1S/C37H24BrClFN5O3/c1-43-35(28-20-31(45(47)48)32(33(38)34(28)42-43)36(46)27-19-26(40)17-18-29(27)39)30-21-44(22-41-30)37(23-11-5-2-6-12-23,24-13-7-3-8-14-24)25-15-9-4-10-16-25/h2-22H,1H3. The van der Waals surface area contributed by atoms with Gasteiger partial charge in [0.2, 0.25) is 5.78 Å². The Hall–Kier alpha value is -5.45. The number of nitrogens with zero attached hydrogens (tertiary/aromatic N) is 5. The average molecular weight is 721 g/mol. The summed E-state index contributed by atoms with van der Waals surface area (Å²) in [5.41, 5.74) is 2.49. The van der Waals surface area contributed by atoms with Crippen LogP contribution >= 0.6 is 27.5 Å². The molecule has 2 heterocycles. The van der Waals surface area contributed by atoms with Crippen molar-refractivity contribution in [3.63, 3.8) is 0 Å². The van der Waals surface area contributed by atoms with Gasteiger partial charge >= 0.3 is 0 Å². The molecule has 0 unspecified atom stereocenters. The van der Waals surface area contributed by atoms with Gasteiger partial charge in [0.25, 0.3) is 5.69 Å². The SMILES string of the molecule is Cn1nc2c(Br)c(C(=O)c3cc(F)ccc3Cl)c([N+](=O)[O-])cc2c1-c1cn(C(c2ccccc2)(c2ccccc2)c2ccccc2)cn1. The predicted octanol–water partition coefficient (Wildman–Crippen LogP) is 8.97. The highest BCUT2D eigenvalue weighted by atomic mass is 79.9. The molecule has 0 amide bonds. The van der Waals surface area contributed by atoms with Gasteiger partial charge in [-0.2, -0.15) is 5.10 Å². The highest BCUT2D eigenvalue weighted by Crippen LogP contribution is 2.43. The number of hydrogen-bond donors (Lipinski definition) is 0. The molecule has 0 N–H and O–H groups in total. The first-order chi connectivity index (χ1) is 23.2. The van der Waals surface area contributed by atoms with Crippen LogP contribution in [0.25, 0.3) is 22.3 Å². The minimum atomic E-state index is -0.834. The lowest BCUT2D eigenvalue weighted by atomic mass is 9.77. The Labute approximate surface area is 287 Å². The molecule has 0 aliphatic carbocycles. The van der Waals surface area contributed by atoms with Crippen molar-refractivity contribution in [2.24, 2.45) is 7.05 Å². The second-order valence-corrected chi connectivity index (χ2v) is 12.3. The van der Waals surface area contributed by atoms with Crippen molar-refractivity contribution >= 4 is 49.9 Å². The van der Waals surface area contributed by atoms with Gasteiger partial charge in [-0.1, -0.05) is 103 Å². The van der Waals surface area contributed by atoms with Gasteiger partial charge in [0.15, 0.2) is 0 Å². The van der Waals surface area contributed by atoms with Gasteiger partial charge in [0.05, 0.1) is 26.4 Å². The molecule has 0 saturated carbocycles. The molecule has 0 atom stereocenters. The van der Waals surface area contributed by atoms with Gasteiger partial charge in [-0.15, -0.1) is 0 Å². The second kappa shape index (κ2) is 12.3. The Morgan fingerprint density at radius 3 is 2.00 bits per heavy atom. The van der Waals surface area contributed by atoms with E-state index >= 15 is 0 Å². The second-order valence-electron chi connectivity index (χ2n) is 11.1. The molecule has 11 heteroatoms. The molecule has 0 bridgehead atoms. The molecule has 0 fully saturated rings. The molecule has 8 nitrogen and oxygen atoms in total. The van der Waals surface area contributed by atoms with E-state index in [1.165, 1.54) is 12.1 Å². The normalized spacial score (nSPS) is 11.6. The van der Waals surface area contributed by atoms with Crippen LogP contribution in [0.5, 0.6) is 0 Å². The molecular formula is C37H24BrClFN5O3. The molecule has 0 aliphatic rings. The number of imidazole rings is 1. The van der Waals surface area contributed by atoms with Crippen LogP contribution in [0.15, 0.2) is 132 Å². The number of carbonyl (C=O) groups excluding carboxylic acids is 1. The van der Waals surface area contributed by atoms with E-state index in [0.29, 0.717) is 22.3 Å². The highest BCUT2D eigenvalue weighted by molar-refractivity contribution is 9.10. The fourth-order valence-corrected chi connectivity index (χ4v) is 7.24. The Bertz CT molecular complexity index is 2250. The molecule has 7 rings (SSSR count). The van der Waals surface area contributed by atoms with Crippen LogP contribution in [0, 0.1) is 15.9 Å². The van der Waals surface area contributed by atoms with Crippen LogP contribution in [0.4, 0.5) is 10.1 Å². The lowest BCUT2D eigenvalue weighted by Crippen LogP contribution is -2.36. The summed E-state index contributed by atoms with van der Waals surface area (Å²) in [4.78, 5) is 30.3. The van der Waals surface area contributed by atoms with Crippen molar-refractivity contribution in [2.45, 2.75) is 5.54 Å². The minimum absolute atomic E-state index is 0.0336. The Kier molecular flexibility index (Phi) is 7.98. The molecular weight excluding hydrogens is 697 g/mol. The number of carbonyl (C=O) groups is 1. The Morgan fingerprint density at radius 2 is 1.46 bits per heavy atom. The summed E-state index contributed by atoms with van der Waals surface area (Å²) in [5, 5.41) is 17.5. The van der Waals surface area contributed by atoms with Crippen LogP contribution in [0.2, 0.25) is 5.02 Å². The first-order valence-corrected chi connectivity index (χ1v) is 15.9. The van der Waals surface area contributed by atoms with Gasteiger partial charge in [-0.05, 0) is 50.8 Å². The maximum atomic E-state index is 14.1. The zero-order valence-electron chi connectivity index (χ0n) is 25.2. The molecule has 48 heavy (non-hydrogen) atoms. The number of nitro benzene ring substituents is 1. The number of aryl methyl sites for hydroxylation is 1. The van der Waals surface area contributed by atoms with Crippen molar-refractivity contribution in [1.29, 1.82) is 0 Å². The summed E-state index contributed by atoms with van der Waals surface area (Å²) in [6, 6.07) is 34.9. The molecule has 7 aromatic rings. The fraction of sp³-hybridized carbons (Fsp3) is 0.0541.